The fourth-order valence-corrected chi connectivity index (χ4v) is 1.74. The number of benzene rings is 1. The Hall–Kier alpha value is -0.710. The zero-order valence-corrected chi connectivity index (χ0v) is 8.73. The van der Waals surface area contributed by atoms with Gasteiger partial charge in [0.2, 0.25) is 0 Å². The van der Waals surface area contributed by atoms with Gasteiger partial charge in [0.15, 0.2) is 0 Å². The van der Waals surface area contributed by atoms with Crippen LogP contribution in [0.25, 0.3) is 0 Å². The lowest BCUT2D eigenvalue weighted by Crippen LogP contribution is -2.15. The maximum Gasteiger partial charge on any atom is 0.128 e. The molecule has 1 fully saturated rings. The van der Waals surface area contributed by atoms with Crippen molar-refractivity contribution < 1.29 is 13.9 Å². The van der Waals surface area contributed by atoms with Crippen LogP contribution in [-0.4, -0.2) is 17.8 Å². The topological polar surface area (TPSA) is 32.3 Å². The summed E-state index contributed by atoms with van der Waals surface area (Å²) in [7, 11) is 0. The van der Waals surface area contributed by atoms with Gasteiger partial charge in [-0.2, -0.15) is 0 Å². The van der Waals surface area contributed by atoms with E-state index in [0.717, 1.165) is 12.1 Å². The molecule has 2 rings (SSSR count). The van der Waals surface area contributed by atoms with Crippen molar-refractivity contribution in [2.75, 3.05) is 6.54 Å². The highest BCUT2D eigenvalue weighted by molar-refractivity contribution is 5.85. The molecule has 0 aliphatic carbocycles. The van der Waals surface area contributed by atoms with Gasteiger partial charge in [0, 0.05) is 18.2 Å². The number of aliphatic hydroxyl groups excluding tert-OH is 1. The fourth-order valence-electron chi connectivity index (χ4n) is 1.74. The van der Waals surface area contributed by atoms with Gasteiger partial charge in [-0.3, -0.25) is 0 Å². The normalized spacial score (nSPS) is 25.0. The largest absolute Gasteiger partial charge is 0.392 e. The number of β-amino-alcohol motifs (C(OH)–C–C–N with tert-alkyl or cyclic N) is 1. The third kappa shape index (κ3) is 2.65. The molecular weight excluding hydrogens is 224 g/mol. The van der Waals surface area contributed by atoms with Crippen molar-refractivity contribution in [3.8, 4) is 0 Å². The van der Waals surface area contributed by atoms with Crippen molar-refractivity contribution in [3.63, 3.8) is 0 Å². The molecule has 0 spiro atoms. The smallest absolute Gasteiger partial charge is 0.128 e. The highest BCUT2D eigenvalue weighted by atomic mass is 35.5. The van der Waals surface area contributed by atoms with E-state index in [4.69, 9.17) is 0 Å². The molecule has 1 heterocycles. The van der Waals surface area contributed by atoms with Crippen LogP contribution in [0.4, 0.5) is 8.78 Å². The summed E-state index contributed by atoms with van der Waals surface area (Å²) < 4.78 is 26.1. The van der Waals surface area contributed by atoms with E-state index in [0.29, 0.717) is 18.5 Å². The Bertz CT molecular complexity index is 348. The summed E-state index contributed by atoms with van der Waals surface area (Å²) in [6.07, 6.45) is -0.0388. The monoisotopic (exact) mass is 235 g/mol. The molecule has 84 valence electrons. The zero-order valence-electron chi connectivity index (χ0n) is 7.91. The van der Waals surface area contributed by atoms with E-state index in [1.807, 2.05) is 0 Å². The lowest BCUT2D eigenvalue weighted by Gasteiger charge is -2.11. The summed E-state index contributed by atoms with van der Waals surface area (Å²) in [5.41, 5.74) is 0.293. The summed E-state index contributed by atoms with van der Waals surface area (Å²) in [5.74, 6) is -0.886. The highest BCUT2D eigenvalue weighted by Gasteiger charge is 2.25. The van der Waals surface area contributed by atoms with Crippen LogP contribution in [0.5, 0.6) is 0 Å². The molecule has 2 unspecified atom stereocenters. The maximum atomic E-state index is 13.3. The first-order valence-corrected chi connectivity index (χ1v) is 4.53. The van der Waals surface area contributed by atoms with Gasteiger partial charge in [-0.25, -0.2) is 8.78 Å². The summed E-state index contributed by atoms with van der Waals surface area (Å²) in [5, 5.41) is 12.2. The van der Waals surface area contributed by atoms with E-state index in [1.54, 1.807) is 0 Å². The molecule has 1 aromatic rings. The van der Waals surface area contributed by atoms with Crippen LogP contribution in [0.1, 0.15) is 18.0 Å². The number of nitrogens with one attached hydrogen (secondary N) is 1. The number of hydrogen-bond donors (Lipinski definition) is 2. The minimum atomic E-state index is -0.470. The van der Waals surface area contributed by atoms with Crippen LogP contribution < -0.4 is 5.32 Å². The molecule has 5 heteroatoms. The molecule has 1 aromatic carbocycles. The van der Waals surface area contributed by atoms with Gasteiger partial charge in [0.05, 0.1) is 6.10 Å². The average molecular weight is 236 g/mol. The molecule has 0 amide bonds. The molecule has 2 N–H and O–H groups in total. The predicted octanol–water partition coefficient (Wildman–Crippen LogP) is 1.78. The quantitative estimate of drug-likeness (QED) is 0.778. The summed E-state index contributed by atoms with van der Waals surface area (Å²) in [4.78, 5) is 0. The average Bonchev–Trinajstić information content (AvgIpc) is 2.56. The van der Waals surface area contributed by atoms with Gasteiger partial charge in [-0.05, 0) is 24.6 Å². The Balaban J connectivity index is 0.00000112. The Kier molecular flexibility index (Phi) is 4.02. The minimum absolute atomic E-state index is 0. The van der Waals surface area contributed by atoms with Gasteiger partial charge in [-0.15, -0.1) is 12.4 Å². The maximum absolute atomic E-state index is 13.3. The van der Waals surface area contributed by atoms with Crippen molar-refractivity contribution in [1.29, 1.82) is 0 Å². The molecule has 2 nitrogen and oxygen atoms in total. The third-order valence-corrected chi connectivity index (χ3v) is 2.44. The van der Waals surface area contributed by atoms with Crippen LogP contribution in [0, 0.1) is 11.6 Å². The first-order chi connectivity index (χ1) is 6.66. The zero-order chi connectivity index (χ0) is 10.1. The number of halogens is 3. The van der Waals surface area contributed by atoms with E-state index in [1.165, 1.54) is 6.07 Å². The SMILES string of the molecule is Cl.OC1CNC(c2cc(F)ccc2F)C1. The van der Waals surface area contributed by atoms with Gasteiger partial charge < -0.3 is 10.4 Å². The summed E-state index contributed by atoms with van der Waals surface area (Å²) >= 11 is 0. The molecule has 0 aromatic heterocycles. The standard InChI is InChI=1S/C10H11F2NO.ClH/c11-6-1-2-9(12)8(3-6)10-4-7(14)5-13-10;/h1-3,7,10,13-14H,4-5H2;1H. The van der Waals surface area contributed by atoms with E-state index < -0.39 is 17.7 Å². The number of aliphatic hydroxyl groups is 1. The van der Waals surface area contributed by atoms with Crippen LogP contribution in [0.15, 0.2) is 18.2 Å². The second kappa shape index (κ2) is 4.88. The molecule has 1 aliphatic heterocycles. The van der Waals surface area contributed by atoms with E-state index in [-0.39, 0.29) is 18.4 Å². The molecule has 15 heavy (non-hydrogen) atoms. The molecular formula is C10H12ClF2NO. The van der Waals surface area contributed by atoms with Gasteiger partial charge in [0.1, 0.15) is 11.6 Å². The van der Waals surface area contributed by atoms with Gasteiger partial charge in [0.25, 0.3) is 0 Å². The number of rotatable bonds is 1. The fraction of sp³-hybridized carbons (Fsp3) is 0.400. The van der Waals surface area contributed by atoms with Gasteiger partial charge in [-0.1, -0.05) is 0 Å². The molecule has 2 atom stereocenters. The predicted molar refractivity (Wildman–Crippen MR) is 55.0 cm³/mol. The van der Waals surface area contributed by atoms with Crippen LogP contribution in [-0.2, 0) is 0 Å². The Morgan fingerprint density at radius 1 is 1.33 bits per heavy atom. The van der Waals surface area contributed by atoms with Crippen molar-refractivity contribution in [2.24, 2.45) is 0 Å². The van der Waals surface area contributed by atoms with Crippen LogP contribution in [0.2, 0.25) is 0 Å². The molecule has 1 aliphatic rings. The lowest BCUT2D eigenvalue weighted by molar-refractivity contribution is 0.193. The van der Waals surface area contributed by atoms with E-state index in [9.17, 15) is 13.9 Å². The van der Waals surface area contributed by atoms with Crippen LogP contribution in [0.3, 0.4) is 0 Å². The second-order valence-corrected chi connectivity index (χ2v) is 3.52. The first kappa shape index (κ1) is 12.4. The van der Waals surface area contributed by atoms with E-state index >= 15 is 0 Å². The van der Waals surface area contributed by atoms with E-state index in [2.05, 4.69) is 5.32 Å². The van der Waals surface area contributed by atoms with Crippen molar-refractivity contribution in [3.05, 3.63) is 35.4 Å². The summed E-state index contributed by atoms with van der Waals surface area (Å²) in [6, 6.07) is 3.09. The molecule has 1 saturated heterocycles. The van der Waals surface area contributed by atoms with Gasteiger partial charge >= 0.3 is 0 Å². The highest BCUT2D eigenvalue weighted by Crippen LogP contribution is 2.25. The summed E-state index contributed by atoms with van der Waals surface area (Å²) in [6.45, 7) is 0.431. The minimum Gasteiger partial charge on any atom is -0.392 e. The molecule has 0 bridgehead atoms. The van der Waals surface area contributed by atoms with Crippen LogP contribution >= 0.6 is 12.4 Å². The number of hydrogen-bond acceptors (Lipinski definition) is 2. The second-order valence-electron chi connectivity index (χ2n) is 3.52. The van der Waals surface area contributed by atoms with Crippen molar-refractivity contribution >= 4 is 12.4 Å². The first-order valence-electron chi connectivity index (χ1n) is 4.53. The Morgan fingerprint density at radius 3 is 2.67 bits per heavy atom. The Morgan fingerprint density at radius 2 is 2.07 bits per heavy atom. The molecule has 0 radical (unpaired) electrons. The van der Waals surface area contributed by atoms with Crippen molar-refractivity contribution in [1.82, 2.24) is 5.32 Å². The van der Waals surface area contributed by atoms with Crippen molar-refractivity contribution in [2.45, 2.75) is 18.6 Å². The molecule has 0 saturated carbocycles. The third-order valence-electron chi connectivity index (χ3n) is 2.44. The lowest BCUT2D eigenvalue weighted by atomic mass is 10.0. The Labute approximate surface area is 92.7 Å².